The highest BCUT2D eigenvalue weighted by atomic mass is 35.5. The number of rotatable bonds is 4. The van der Waals surface area contributed by atoms with Gasteiger partial charge in [0.15, 0.2) is 0 Å². The number of hydrogen-bond donors (Lipinski definition) is 0. The van der Waals surface area contributed by atoms with Crippen LogP contribution >= 0.6 is 23.2 Å². The molecular weight excluding hydrogens is 143 g/mol. The van der Waals surface area contributed by atoms with E-state index in [1.807, 2.05) is 0 Å². The Morgan fingerprint density at radius 2 is 1.50 bits per heavy atom. The second-order valence-corrected chi connectivity index (χ2v) is 2.29. The molecule has 0 N–H and O–H groups in total. The van der Waals surface area contributed by atoms with Gasteiger partial charge in [-0.05, 0) is 12.8 Å². The molecule has 0 aliphatic rings. The molecule has 0 saturated carbocycles. The van der Waals surface area contributed by atoms with Gasteiger partial charge < -0.3 is 0 Å². The molecule has 0 rings (SSSR count). The molecule has 0 aromatic heterocycles. The fourth-order valence-electron chi connectivity index (χ4n) is 0.368. The van der Waals surface area contributed by atoms with Gasteiger partial charge in [-0.1, -0.05) is 12.2 Å². The molecule has 1 radical (unpaired) electrons. The van der Waals surface area contributed by atoms with Crippen molar-refractivity contribution in [2.45, 2.75) is 12.8 Å². The van der Waals surface area contributed by atoms with Crippen molar-refractivity contribution in [2.24, 2.45) is 0 Å². The number of hydrogen-bond acceptors (Lipinski definition) is 0. The molecule has 8 heavy (non-hydrogen) atoms. The average Bonchev–Trinajstić information content (AvgIpc) is 1.68. The first-order valence-electron chi connectivity index (χ1n) is 2.53. The van der Waals surface area contributed by atoms with Crippen LogP contribution in [0.2, 0.25) is 0 Å². The van der Waals surface area contributed by atoms with Gasteiger partial charge in [0.25, 0.3) is 0 Å². The van der Waals surface area contributed by atoms with E-state index in [0.717, 1.165) is 18.4 Å². The van der Waals surface area contributed by atoms with Crippen molar-refractivity contribution in [3.8, 4) is 0 Å². The SMILES string of the molecule is [CH]=C(CCCl)CCCl. The van der Waals surface area contributed by atoms with Crippen LogP contribution in [-0.2, 0) is 0 Å². The average molecular weight is 152 g/mol. The summed E-state index contributed by atoms with van der Waals surface area (Å²) in [7, 11) is 0. The minimum absolute atomic E-state index is 0.600. The largest absolute Gasteiger partial charge is 0.126 e. The Hall–Kier alpha value is 0.320. The van der Waals surface area contributed by atoms with Crippen molar-refractivity contribution < 1.29 is 0 Å². The minimum Gasteiger partial charge on any atom is -0.126 e. The molecule has 0 fully saturated rings. The topological polar surface area (TPSA) is 0 Å². The summed E-state index contributed by atoms with van der Waals surface area (Å²) in [5.74, 6) is 1.20. The van der Waals surface area contributed by atoms with Crippen molar-refractivity contribution >= 4 is 23.2 Å². The highest BCUT2D eigenvalue weighted by Crippen LogP contribution is 2.04. The molecule has 0 aromatic carbocycles. The molecule has 2 heteroatoms. The fourth-order valence-corrected chi connectivity index (χ4v) is 0.853. The van der Waals surface area contributed by atoms with Crippen molar-refractivity contribution in [2.75, 3.05) is 11.8 Å². The van der Waals surface area contributed by atoms with Gasteiger partial charge in [0, 0.05) is 11.8 Å². The van der Waals surface area contributed by atoms with E-state index in [2.05, 4.69) is 0 Å². The Morgan fingerprint density at radius 1 is 1.12 bits per heavy atom. The normalized spacial score (nSPS) is 9.25. The van der Waals surface area contributed by atoms with E-state index in [1.165, 1.54) is 0 Å². The predicted molar refractivity (Wildman–Crippen MR) is 38.5 cm³/mol. The van der Waals surface area contributed by atoms with Gasteiger partial charge in [-0.2, -0.15) is 0 Å². The molecule has 0 spiro atoms. The molecule has 0 bridgehead atoms. The third kappa shape index (κ3) is 4.48. The van der Waals surface area contributed by atoms with Gasteiger partial charge in [0.05, 0.1) is 0 Å². The molecule has 0 aliphatic carbocycles. The summed E-state index contributed by atoms with van der Waals surface area (Å²) in [6.45, 7) is 5.44. The first-order valence-corrected chi connectivity index (χ1v) is 3.60. The number of alkyl halides is 2. The van der Waals surface area contributed by atoms with Crippen LogP contribution in [0.4, 0.5) is 0 Å². The highest BCUT2D eigenvalue weighted by molar-refractivity contribution is 6.18. The fraction of sp³-hybridized carbons (Fsp3) is 0.667. The second kappa shape index (κ2) is 5.46. The second-order valence-electron chi connectivity index (χ2n) is 1.54. The van der Waals surface area contributed by atoms with Crippen LogP contribution in [0.15, 0.2) is 5.57 Å². The van der Waals surface area contributed by atoms with Crippen molar-refractivity contribution in [1.82, 2.24) is 0 Å². The number of halogens is 2. The summed E-state index contributed by atoms with van der Waals surface area (Å²) in [5, 5.41) is 0. The molecule has 0 heterocycles. The Kier molecular flexibility index (Phi) is 5.67. The van der Waals surface area contributed by atoms with Crippen LogP contribution in [0.1, 0.15) is 12.8 Å². The molecular formula is C6H9Cl2. The van der Waals surface area contributed by atoms with Crippen LogP contribution < -0.4 is 0 Å². The van der Waals surface area contributed by atoms with Crippen LogP contribution in [0.25, 0.3) is 0 Å². The lowest BCUT2D eigenvalue weighted by molar-refractivity contribution is 0.992. The van der Waals surface area contributed by atoms with Gasteiger partial charge in [0.1, 0.15) is 0 Å². The van der Waals surface area contributed by atoms with Gasteiger partial charge in [-0.3, -0.25) is 0 Å². The van der Waals surface area contributed by atoms with Gasteiger partial charge in [-0.25, -0.2) is 0 Å². The molecule has 47 valence electrons. The Bertz CT molecular complexity index is 60.9. The summed E-state index contributed by atoms with van der Waals surface area (Å²) < 4.78 is 0. The molecule has 0 amide bonds. The van der Waals surface area contributed by atoms with E-state index in [9.17, 15) is 0 Å². The number of allylic oxidation sites excluding steroid dienone is 1. The van der Waals surface area contributed by atoms with Gasteiger partial charge >= 0.3 is 0 Å². The standard InChI is InChI=1S/C6H9Cl2/c1-6(2-4-7)3-5-8/h1H,2-5H2. The van der Waals surface area contributed by atoms with Crippen LogP contribution in [0.3, 0.4) is 0 Å². The predicted octanol–water partition coefficient (Wildman–Crippen LogP) is 2.60. The quantitative estimate of drug-likeness (QED) is 0.543. The molecule has 0 nitrogen and oxygen atoms in total. The van der Waals surface area contributed by atoms with E-state index in [4.69, 9.17) is 29.8 Å². The van der Waals surface area contributed by atoms with Crippen molar-refractivity contribution in [1.29, 1.82) is 0 Å². The Labute approximate surface area is 60.5 Å². The van der Waals surface area contributed by atoms with Crippen LogP contribution in [-0.4, -0.2) is 11.8 Å². The van der Waals surface area contributed by atoms with E-state index in [0.29, 0.717) is 11.8 Å². The zero-order valence-corrected chi connectivity index (χ0v) is 6.17. The summed E-state index contributed by atoms with van der Waals surface area (Å²) in [6, 6.07) is 0. The maximum absolute atomic E-state index is 5.44. The van der Waals surface area contributed by atoms with Crippen molar-refractivity contribution in [3.05, 3.63) is 12.2 Å². The summed E-state index contributed by atoms with van der Waals surface area (Å²) in [6.07, 6.45) is 1.57. The zero-order chi connectivity index (χ0) is 6.41. The van der Waals surface area contributed by atoms with Crippen molar-refractivity contribution in [3.63, 3.8) is 0 Å². The lowest BCUT2D eigenvalue weighted by Crippen LogP contribution is -1.83. The van der Waals surface area contributed by atoms with Crippen LogP contribution in [0.5, 0.6) is 0 Å². The first kappa shape index (κ1) is 8.32. The van der Waals surface area contributed by atoms with Gasteiger partial charge in [0.2, 0.25) is 0 Å². The highest BCUT2D eigenvalue weighted by Gasteiger charge is 1.89. The monoisotopic (exact) mass is 151 g/mol. The first-order chi connectivity index (χ1) is 3.81. The summed E-state index contributed by atoms with van der Waals surface area (Å²) in [5.41, 5.74) is 0.898. The maximum atomic E-state index is 5.44. The lowest BCUT2D eigenvalue weighted by Gasteiger charge is -1.95. The van der Waals surface area contributed by atoms with E-state index in [-0.39, 0.29) is 0 Å². The third-order valence-electron chi connectivity index (χ3n) is 0.831. The van der Waals surface area contributed by atoms with E-state index >= 15 is 0 Å². The lowest BCUT2D eigenvalue weighted by atomic mass is 10.2. The Morgan fingerprint density at radius 3 is 1.75 bits per heavy atom. The maximum Gasteiger partial charge on any atom is 0.0260 e. The molecule has 0 unspecified atom stereocenters. The molecule has 0 aromatic rings. The van der Waals surface area contributed by atoms with Crippen LogP contribution in [0, 0.1) is 6.58 Å². The summed E-state index contributed by atoms with van der Waals surface area (Å²) in [4.78, 5) is 0. The Balaban J connectivity index is 3.06. The third-order valence-corrected chi connectivity index (χ3v) is 1.21. The smallest absolute Gasteiger partial charge is 0.0260 e. The molecule has 0 atom stereocenters. The molecule has 0 saturated heterocycles. The summed E-state index contributed by atoms with van der Waals surface area (Å²) >= 11 is 10.8. The van der Waals surface area contributed by atoms with Gasteiger partial charge in [-0.15, -0.1) is 23.2 Å². The van der Waals surface area contributed by atoms with E-state index in [1.54, 1.807) is 0 Å². The van der Waals surface area contributed by atoms with E-state index < -0.39 is 0 Å². The minimum atomic E-state index is 0.600. The molecule has 0 aliphatic heterocycles. The zero-order valence-electron chi connectivity index (χ0n) is 4.66.